The van der Waals surface area contributed by atoms with E-state index >= 15 is 0 Å². The first kappa shape index (κ1) is 17.2. The van der Waals surface area contributed by atoms with Crippen molar-refractivity contribution in [1.29, 1.82) is 0 Å². The average molecular weight is 387 g/mol. The summed E-state index contributed by atoms with van der Waals surface area (Å²) in [6.07, 6.45) is 12.4. The highest BCUT2D eigenvalue weighted by Gasteiger charge is 2.15. The Bertz CT molecular complexity index is 947. The maximum absolute atomic E-state index is 6.40. The molecular formula is C18H19ClN6S. The number of rotatable bonds is 8. The average Bonchev–Trinajstić information content (AvgIpc) is 3.36. The number of aryl methyl sites for hydroxylation is 1. The molecule has 0 aromatic carbocycles. The minimum atomic E-state index is 0.589. The van der Waals surface area contributed by atoms with Gasteiger partial charge >= 0.3 is 0 Å². The Morgan fingerprint density at radius 2 is 1.96 bits per heavy atom. The highest BCUT2D eigenvalue weighted by atomic mass is 35.5. The number of aromatic nitrogens is 5. The van der Waals surface area contributed by atoms with Crippen LogP contribution in [0.15, 0.2) is 54.8 Å². The molecule has 0 atom stereocenters. The molecule has 0 fully saturated rings. The fourth-order valence-corrected chi connectivity index (χ4v) is 4.03. The molecule has 134 valence electrons. The smallest absolute Gasteiger partial charge is 0.195 e. The first-order valence-corrected chi connectivity index (χ1v) is 9.72. The number of pyridine rings is 1. The van der Waals surface area contributed by atoms with E-state index in [0.717, 1.165) is 43.3 Å². The Morgan fingerprint density at radius 3 is 2.77 bits per heavy atom. The van der Waals surface area contributed by atoms with Crippen LogP contribution in [-0.4, -0.2) is 35.4 Å². The zero-order valence-electron chi connectivity index (χ0n) is 14.2. The summed E-state index contributed by atoms with van der Waals surface area (Å²) in [4.78, 5) is 16.0. The van der Waals surface area contributed by atoms with Crippen molar-refractivity contribution in [3.63, 3.8) is 0 Å². The van der Waals surface area contributed by atoms with E-state index < -0.39 is 0 Å². The molecule has 8 heteroatoms. The third-order valence-corrected chi connectivity index (χ3v) is 5.35. The largest absolute Gasteiger partial charge is 0.337 e. The Labute approximate surface area is 160 Å². The van der Waals surface area contributed by atoms with Gasteiger partial charge in [-0.1, -0.05) is 11.6 Å². The molecule has 4 aromatic heterocycles. The van der Waals surface area contributed by atoms with E-state index in [4.69, 9.17) is 11.6 Å². The van der Waals surface area contributed by atoms with Crippen LogP contribution in [0.3, 0.4) is 0 Å². The van der Waals surface area contributed by atoms with E-state index in [9.17, 15) is 0 Å². The second kappa shape index (κ2) is 7.99. The summed E-state index contributed by atoms with van der Waals surface area (Å²) in [5.41, 5.74) is 2.28. The predicted octanol–water partition coefficient (Wildman–Crippen LogP) is 3.73. The predicted molar refractivity (Wildman–Crippen MR) is 103 cm³/mol. The minimum Gasteiger partial charge on any atom is -0.337 e. The van der Waals surface area contributed by atoms with E-state index in [1.807, 2.05) is 42.7 Å². The Kier molecular flexibility index (Phi) is 5.29. The van der Waals surface area contributed by atoms with Gasteiger partial charge in [-0.3, -0.25) is 14.3 Å². The lowest BCUT2D eigenvalue weighted by molar-refractivity contribution is 0.245. The van der Waals surface area contributed by atoms with Crippen LogP contribution >= 0.6 is 22.9 Å². The van der Waals surface area contributed by atoms with Crippen LogP contribution in [0.2, 0.25) is 5.15 Å². The molecule has 0 N–H and O–H groups in total. The molecule has 0 bridgehead atoms. The monoisotopic (exact) mass is 386 g/mol. The van der Waals surface area contributed by atoms with Gasteiger partial charge in [0, 0.05) is 62.5 Å². The van der Waals surface area contributed by atoms with Crippen LogP contribution in [0.5, 0.6) is 0 Å². The van der Waals surface area contributed by atoms with Crippen molar-refractivity contribution >= 4 is 27.9 Å². The van der Waals surface area contributed by atoms with Gasteiger partial charge in [0.05, 0.1) is 12.0 Å². The van der Waals surface area contributed by atoms with E-state index in [2.05, 4.69) is 41.0 Å². The van der Waals surface area contributed by atoms with Crippen LogP contribution in [0.25, 0.3) is 4.96 Å². The Morgan fingerprint density at radius 1 is 1.08 bits per heavy atom. The highest BCUT2D eigenvalue weighted by molar-refractivity contribution is 7.15. The zero-order chi connectivity index (χ0) is 17.8. The fraction of sp³-hybridized carbons (Fsp3) is 0.278. The van der Waals surface area contributed by atoms with E-state index in [1.165, 1.54) is 5.56 Å². The molecule has 0 aliphatic rings. The van der Waals surface area contributed by atoms with Gasteiger partial charge in [-0.15, -0.1) is 11.3 Å². The van der Waals surface area contributed by atoms with E-state index in [0.29, 0.717) is 5.15 Å². The van der Waals surface area contributed by atoms with Crippen molar-refractivity contribution in [2.24, 2.45) is 0 Å². The van der Waals surface area contributed by atoms with Crippen LogP contribution in [0.1, 0.15) is 17.7 Å². The van der Waals surface area contributed by atoms with Crippen molar-refractivity contribution in [2.45, 2.75) is 26.1 Å². The molecule has 0 aliphatic heterocycles. The fourth-order valence-electron chi connectivity index (χ4n) is 3.02. The van der Waals surface area contributed by atoms with Crippen molar-refractivity contribution in [3.05, 3.63) is 71.2 Å². The SMILES string of the molecule is Clc1nc2sccn2c1CN(CCCn1ccnc1)Cc1ccncc1. The molecule has 0 aliphatic carbocycles. The molecule has 4 heterocycles. The molecule has 4 rings (SSSR count). The first-order chi connectivity index (χ1) is 12.8. The third-order valence-electron chi connectivity index (χ3n) is 4.29. The second-order valence-corrected chi connectivity index (χ2v) is 7.36. The maximum atomic E-state index is 6.40. The molecule has 6 nitrogen and oxygen atoms in total. The van der Waals surface area contributed by atoms with Gasteiger partial charge in [-0.25, -0.2) is 9.97 Å². The minimum absolute atomic E-state index is 0.589. The topological polar surface area (TPSA) is 51.2 Å². The normalized spacial score (nSPS) is 11.6. The van der Waals surface area contributed by atoms with Gasteiger partial charge < -0.3 is 4.57 Å². The lowest BCUT2D eigenvalue weighted by Crippen LogP contribution is -2.25. The van der Waals surface area contributed by atoms with Crippen LogP contribution in [0, 0.1) is 0 Å². The second-order valence-electron chi connectivity index (χ2n) is 6.13. The van der Waals surface area contributed by atoms with Gasteiger partial charge in [0.25, 0.3) is 0 Å². The van der Waals surface area contributed by atoms with Gasteiger partial charge in [0.15, 0.2) is 10.1 Å². The summed E-state index contributed by atoms with van der Waals surface area (Å²) in [6.45, 7) is 3.50. The lowest BCUT2D eigenvalue weighted by Gasteiger charge is -2.22. The number of hydrogen-bond acceptors (Lipinski definition) is 5. The summed E-state index contributed by atoms with van der Waals surface area (Å²) in [7, 11) is 0. The Balaban J connectivity index is 1.49. The number of halogens is 1. The standard InChI is InChI=1S/C18H19ClN6S/c19-17-16(25-10-11-26-18(25)22-17)13-24(12-15-2-4-20-5-3-15)8-1-7-23-9-6-21-14-23/h2-6,9-11,14H,1,7-8,12-13H2. The van der Waals surface area contributed by atoms with E-state index in [1.54, 1.807) is 11.3 Å². The molecule has 0 unspecified atom stereocenters. The third kappa shape index (κ3) is 3.95. The molecule has 0 spiro atoms. The van der Waals surface area contributed by atoms with Crippen molar-refractivity contribution < 1.29 is 0 Å². The summed E-state index contributed by atoms with van der Waals surface area (Å²) >= 11 is 8.00. The molecule has 0 saturated carbocycles. The highest BCUT2D eigenvalue weighted by Crippen LogP contribution is 2.23. The molecule has 0 saturated heterocycles. The van der Waals surface area contributed by atoms with Crippen LogP contribution in [-0.2, 0) is 19.6 Å². The zero-order valence-corrected chi connectivity index (χ0v) is 15.8. The summed E-state index contributed by atoms with van der Waals surface area (Å²) < 4.78 is 4.19. The van der Waals surface area contributed by atoms with Gasteiger partial charge in [0.2, 0.25) is 0 Å². The van der Waals surface area contributed by atoms with Crippen LogP contribution < -0.4 is 0 Å². The van der Waals surface area contributed by atoms with Gasteiger partial charge in [-0.2, -0.15) is 0 Å². The van der Waals surface area contributed by atoms with E-state index in [-0.39, 0.29) is 0 Å². The summed E-state index contributed by atoms with van der Waals surface area (Å²) in [5, 5.41) is 2.63. The number of thiazole rings is 1. The first-order valence-electron chi connectivity index (χ1n) is 8.46. The Hall–Kier alpha value is -2.22. The lowest BCUT2D eigenvalue weighted by atomic mass is 10.2. The van der Waals surface area contributed by atoms with Gasteiger partial charge in [-0.05, 0) is 24.1 Å². The maximum Gasteiger partial charge on any atom is 0.195 e. The molecular weight excluding hydrogens is 368 g/mol. The summed E-state index contributed by atoms with van der Waals surface area (Å²) in [6, 6.07) is 4.11. The van der Waals surface area contributed by atoms with Crippen LogP contribution in [0.4, 0.5) is 0 Å². The summed E-state index contributed by atoms with van der Waals surface area (Å²) in [5.74, 6) is 0. The van der Waals surface area contributed by atoms with Gasteiger partial charge in [0.1, 0.15) is 0 Å². The molecule has 26 heavy (non-hydrogen) atoms. The number of hydrogen-bond donors (Lipinski definition) is 0. The van der Waals surface area contributed by atoms with Crippen molar-refractivity contribution in [2.75, 3.05) is 6.54 Å². The molecule has 0 amide bonds. The number of fused-ring (bicyclic) bond motifs is 1. The quantitative estimate of drug-likeness (QED) is 0.463. The number of nitrogens with zero attached hydrogens (tertiary/aromatic N) is 6. The van der Waals surface area contributed by atoms with Crippen molar-refractivity contribution in [3.8, 4) is 0 Å². The van der Waals surface area contributed by atoms with Crippen molar-refractivity contribution in [1.82, 2.24) is 28.8 Å². The molecule has 0 radical (unpaired) electrons. The molecule has 4 aromatic rings. The number of imidazole rings is 2.